The van der Waals surface area contributed by atoms with E-state index in [2.05, 4.69) is 10.6 Å². The molecule has 1 saturated carbocycles. The molecule has 4 rings (SSSR count). The molecule has 0 saturated heterocycles. The molecule has 0 radical (unpaired) electrons. The lowest BCUT2D eigenvalue weighted by Gasteiger charge is -2.38. The van der Waals surface area contributed by atoms with Gasteiger partial charge in [-0.15, -0.1) is 0 Å². The number of hydrogen-bond acceptors (Lipinski definition) is 5. The Kier molecular flexibility index (Phi) is 6.98. The van der Waals surface area contributed by atoms with Crippen LogP contribution >= 0.6 is 23.4 Å². The van der Waals surface area contributed by atoms with Crippen molar-refractivity contribution in [3.8, 4) is 0 Å². The average molecular weight is 473 g/mol. The lowest BCUT2D eigenvalue weighted by atomic mass is 9.78. The van der Waals surface area contributed by atoms with Crippen LogP contribution in [0.4, 0.5) is 16.2 Å². The van der Waals surface area contributed by atoms with Crippen molar-refractivity contribution >= 4 is 46.6 Å². The van der Waals surface area contributed by atoms with Crippen molar-refractivity contribution in [3.63, 3.8) is 0 Å². The minimum Gasteiger partial charge on any atom is -0.332 e. The van der Waals surface area contributed by atoms with Crippen LogP contribution in [0.1, 0.15) is 51.0 Å². The van der Waals surface area contributed by atoms with E-state index in [9.17, 15) is 9.59 Å². The number of carbonyl (C=O) groups is 2. The fourth-order valence-electron chi connectivity index (χ4n) is 4.82. The Morgan fingerprint density at radius 1 is 1.16 bits per heavy atom. The first kappa shape index (κ1) is 23.0. The Hall–Kier alpha value is -2.22. The number of benzene rings is 2. The molecule has 4 N–H and O–H groups in total. The van der Waals surface area contributed by atoms with E-state index >= 15 is 0 Å². The first-order valence-electron chi connectivity index (χ1n) is 11.0. The number of halogens is 1. The zero-order chi connectivity index (χ0) is 22.7. The molecular formula is C24H29ClN4O2S. The van der Waals surface area contributed by atoms with Crippen LogP contribution < -0.4 is 21.3 Å². The molecule has 0 spiro atoms. The molecule has 1 heterocycles. The van der Waals surface area contributed by atoms with Gasteiger partial charge in [-0.3, -0.25) is 4.79 Å². The standard InChI is InChI=1S/C24H29ClN4O2S/c1-16(30)14-24(12-5-2-6-13-24)28-22(31)27-23-29(19-10-3-4-11-20(19)32-23)21-17(15-26)8-7-9-18(21)25/h3-4,7-11,23H,2,5-6,12-15,26H2,1H3,(H2,27,28,31). The van der Waals surface area contributed by atoms with Crippen molar-refractivity contribution in [2.75, 3.05) is 4.90 Å². The molecule has 2 aromatic rings. The van der Waals surface area contributed by atoms with Gasteiger partial charge in [-0.05, 0) is 43.5 Å². The minimum absolute atomic E-state index is 0.0973. The van der Waals surface area contributed by atoms with Crippen molar-refractivity contribution < 1.29 is 9.59 Å². The van der Waals surface area contributed by atoms with Gasteiger partial charge in [-0.25, -0.2) is 4.79 Å². The maximum absolute atomic E-state index is 13.2. The molecule has 8 heteroatoms. The van der Waals surface area contributed by atoms with Crippen molar-refractivity contribution in [1.82, 2.24) is 10.6 Å². The number of nitrogens with two attached hydrogens (primary N) is 1. The van der Waals surface area contributed by atoms with E-state index in [1.165, 1.54) is 0 Å². The largest absolute Gasteiger partial charge is 0.332 e. The molecular weight excluding hydrogens is 444 g/mol. The molecule has 0 aromatic heterocycles. The maximum Gasteiger partial charge on any atom is 0.317 e. The molecule has 0 bridgehead atoms. The van der Waals surface area contributed by atoms with Gasteiger partial charge < -0.3 is 21.3 Å². The second-order valence-electron chi connectivity index (χ2n) is 8.58. The Balaban J connectivity index is 1.61. The molecule has 1 aliphatic heterocycles. The van der Waals surface area contributed by atoms with Gasteiger partial charge in [-0.2, -0.15) is 0 Å². The van der Waals surface area contributed by atoms with E-state index in [0.717, 1.165) is 53.9 Å². The number of carbonyl (C=O) groups excluding carboxylic acids is 2. The summed E-state index contributed by atoms with van der Waals surface area (Å²) >= 11 is 8.18. The molecule has 2 amide bonds. The summed E-state index contributed by atoms with van der Waals surface area (Å²) in [5.41, 5.74) is 7.83. The summed E-state index contributed by atoms with van der Waals surface area (Å²) < 4.78 is 0. The topological polar surface area (TPSA) is 87.5 Å². The number of hydrogen-bond donors (Lipinski definition) is 3. The van der Waals surface area contributed by atoms with Crippen LogP contribution in [0.5, 0.6) is 0 Å². The number of anilines is 2. The van der Waals surface area contributed by atoms with Crippen LogP contribution in [0.3, 0.4) is 0 Å². The van der Waals surface area contributed by atoms with Gasteiger partial charge >= 0.3 is 6.03 Å². The number of urea groups is 1. The predicted octanol–water partition coefficient (Wildman–Crippen LogP) is 5.31. The van der Waals surface area contributed by atoms with Crippen LogP contribution in [0.25, 0.3) is 0 Å². The van der Waals surface area contributed by atoms with Crippen molar-refractivity contribution in [2.45, 2.75) is 67.9 Å². The second-order valence-corrected chi connectivity index (χ2v) is 10.1. The number of fused-ring (bicyclic) bond motifs is 1. The maximum atomic E-state index is 13.2. The second kappa shape index (κ2) is 9.73. The summed E-state index contributed by atoms with van der Waals surface area (Å²) in [5, 5.41) is 6.87. The van der Waals surface area contributed by atoms with Gasteiger partial charge in [0.1, 0.15) is 5.78 Å². The number of amides is 2. The third-order valence-electron chi connectivity index (χ3n) is 6.16. The Morgan fingerprint density at radius 3 is 2.62 bits per heavy atom. The summed E-state index contributed by atoms with van der Waals surface area (Å²) in [4.78, 5) is 28.2. The summed E-state index contributed by atoms with van der Waals surface area (Å²) in [5.74, 6) is 0.0973. The highest BCUT2D eigenvalue weighted by molar-refractivity contribution is 8.00. The predicted molar refractivity (Wildman–Crippen MR) is 130 cm³/mol. The van der Waals surface area contributed by atoms with Gasteiger partial charge in [-0.1, -0.05) is 66.9 Å². The summed E-state index contributed by atoms with van der Waals surface area (Å²) in [7, 11) is 0. The van der Waals surface area contributed by atoms with E-state index in [1.807, 2.05) is 47.4 Å². The van der Waals surface area contributed by atoms with Gasteiger partial charge in [0.25, 0.3) is 0 Å². The summed E-state index contributed by atoms with van der Waals surface area (Å²) in [6.45, 7) is 1.92. The molecule has 32 heavy (non-hydrogen) atoms. The summed E-state index contributed by atoms with van der Waals surface area (Å²) in [6, 6.07) is 13.4. The number of rotatable bonds is 6. The molecule has 6 nitrogen and oxygen atoms in total. The molecule has 1 unspecified atom stereocenters. The molecule has 2 aliphatic rings. The highest BCUT2D eigenvalue weighted by Gasteiger charge is 2.38. The number of nitrogens with one attached hydrogen (secondary N) is 2. The molecule has 1 atom stereocenters. The van der Waals surface area contributed by atoms with Gasteiger partial charge in [0.05, 0.1) is 16.4 Å². The first-order chi connectivity index (χ1) is 15.4. The molecule has 2 aromatic carbocycles. The van der Waals surface area contributed by atoms with Gasteiger partial charge in [0, 0.05) is 23.4 Å². The van der Waals surface area contributed by atoms with Crippen LogP contribution in [0, 0.1) is 0 Å². The number of Topliss-reactive ketones (excluding diaryl/α,β-unsaturated/α-hetero) is 1. The van der Waals surface area contributed by atoms with E-state index < -0.39 is 11.0 Å². The van der Waals surface area contributed by atoms with E-state index in [1.54, 1.807) is 18.7 Å². The van der Waals surface area contributed by atoms with E-state index in [-0.39, 0.29) is 11.8 Å². The highest BCUT2D eigenvalue weighted by Crippen LogP contribution is 2.49. The average Bonchev–Trinajstić information content (AvgIpc) is 3.10. The third kappa shape index (κ3) is 4.75. The number of para-hydroxylation sites is 2. The fraction of sp³-hybridized carbons (Fsp3) is 0.417. The number of thioether (sulfide) groups is 1. The normalized spacial score (nSPS) is 19.3. The Morgan fingerprint density at radius 2 is 1.91 bits per heavy atom. The fourth-order valence-corrected chi connectivity index (χ4v) is 6.28. The monoisotopic (exact) mass is 472 g/mol. The van der Waals surface area contributed by atoms with E-state index in [4.69, 9.17) is 17.3 Å². The first-order valence-corrected chi connectivity index (χ1v) is 12.3. The summed E-state index contributed by atoms with van der Waals surface area (Å²) in [6.07, 6.45) is 5.18. The van der Waals surface area contributed by atoms with Crippen molar-refractivity contribution in [3.05, 3.63) is 53.1 Å². The van der Waals surface area contributed by atoms with Crippen molar-refractivity contribution in [1.29, 1.82) is 0 Å². The van der Waals surface area contributed by atoms with Crippen molar-refractivity contribution in [2.24, 2.45) is 5.73 Å². The zero-order valence-electron chi connectivity index (χ0n) is 18.2. The third-order valence-corrected chi connectivity index (χ3v) is 7.62. The number of ketones is 1. The highest BCUT2D eigenvalue weighted by atomic mass is 35.5. The zero-order valence-corrected chi connectivity index (χ0v) is 19.8. The number of nitrogens with zero attached hydrogens (tertiary/aromatic N) is 1. The van der Waals surface area contributed by atoms with E-state index in [0.29, 0.717) is 18.0 Å². The smallest absolute Gasteiger partial charge is 0.317 e. The molecule has 170 valence electrons. The van der Waals surface area contributed by atoms with Crippen LogP contribution in [0.15, 0.2) is 47.4 Å². The quantitative estimate of drug-likeness (QED) is 0.530. The van der Waals surface area contributed by atoms with Crippen LogP contribution in [-0.2, 0) is 11.3 Å². The van der Waals surface area contributed by atoms with Gasteiger partial charge in [0.15, 0.2) is 5.50 Å². The van der Waals surface area contributed by atoms with Crippen LogP contribution in [-0.4, -0.2) is 22.9 Å². The molecule has 1 aliphatic carbocycles. The Labute approximate surface area is 198 Å². The Bertz CT molecular complexity index is 1010. The van der Waals surface area contributed by atoms with Gasteiger partial charge in [0.2, 0.25) is 0 Å². The molecule has 1 fully saturated rings. The SMILES string of the molecule is CC(=O)CC1(NC(=O)NC2Sc3ccccc3N2c2c(Cl)cccc2CN)CCCCC1. The lowest BCUT2D eigenvalue weighted by molar-refractivity contribution is -0.118. The minimum atomic E-state index is -0.470. The lowest BCUT2D eigenvalue weighted by Crippen LogP contribution is -2.56. The van der Waals surface area contributed by atoms with Crippen LogP contribution in [0.2, 0.25) is 5.02 Å².